The van der Waals surface area contributed by atoms with Gasteiger partial charge < -0.3 is 19.2 Å². The minimum absolute atomic E-state index is 0.0732. The van der Waals surface area contributed by atoms with Gasteiger partial charge in [-0.2, -0.15) is 0 Å². The number of amides is 1. The molecule has 1 saturated carbocycles. The number of methoxy groups -OCH3 is 1. The first-order valence-electron chi connectivity index (χ1n) is 11.1. The van der Waals surface area contributed by atoms with E-state index in [0.717, 1.165) is 49.8 Å². The Morgan fingerprint density at radius 2 is 1.91 bits per heavy atom. The summed E-state index contributed by atoms with van der Waals surface area (Å²) in [7, 11) is 1.63. The minimum Gasteiger partial charge on any atom is -0.497 e. The van der Waals surface area contributed by atoms with Gasteiger partial charge in [0.1, 0.15) is 11.5 Å². The van der Waals surface area contributed by atoms with Crippen LogP contribution in [0, 0.1) is 0 Å². The van der Waals surface area contributed by atoms with E-state index in [1.807, 2.05) is 29.2 Å². The van der Waals surface area contributed by atoms with Crippen LogP contribution in [0.5, 0.6) is 5.75 Å². The Morgan fingerprint density at radius 3 is 2.50 bits per heavy atom. The smallest absolute Gasteiger partial charge is 0.371 e. The Morgan fingerprint density at radius 1 is 1.12 bits per heavy atom. The minimum atomic E-state index is -1.11. The van der Waals surface area contributed by atoms with Crippen molar-refractivity contribution in [2.24, 2.45) is 0 Å². The van der Waals surface area contributed by atoms with E-state index >= 15 is 0 Å². The summed E-state index contributed by atoms with van der Waals surface area (Å²) >= 11 is 0. The molecule has 0 unspecified atom stereocenters. The topological polar surface area (TPSA) is 80.0 Å². The molecule has 0 aliphatic heterocycles. The van der Waals surface area contributed by atoms with E-state index in [4.69, 9.17) is 14.3 Å². The van der Waals surface area contributed by atoms with Crippen LogP contribution in [0.3, 0.4) is 0 Å². The summed E-state index contributed by atoms with van der Waals surface area (Å²) in [6.45, 7) is 0.851. The maximum atomic E-state index is 13.7. The lowest BCUT2D eigenvalue weighted by Gasteiger charge is -2.27. The van der Waals surface area contributed by atoms with Crippen LogP contribution >= 0.6 is 0 Å². The monoisotopic (exact) mass is 435 g/mol. The highest BCUT2D eigenvalue weighted by atomic mass is 16.5. The molecular formula is C26H29NO5. The average Bonchev–Trinajstić information content (AvgIpc) is 3.50. The fourth-order valence-corrected chi connectivity index (χ4v) is 4.31. The van der Waals surface area contributed by atoms with E-state index in [9.17, 15) is 9.59 Å². The molecule has 2 aliphatic carbocycles. The molecule has 1 heterocycles. The second-order valence-electron chi connectivity index (χ2n) is 8.47. The first-order chi connectivity index (χ1) is 15.5. The molecule has 1 aromatic heterocycles. The second-order valence-corrected chi connectivity index (χ2v) is 8.47. The van der Waals surface area contributed by atoms with Crippen LogP contribution in [0.25, 0.3) is 0 Å². The van der Waals surface area contributed by atoms with Crippen molar-refractivity contribution < 1.29 is 23.8 Å². The van der Waals surface area contributed by atoms with Crippen LogP contribution in [0.1, 0.15) is 60.4 Å². The standard InChI is InChI=1S/C26H29NO5/c1-31-21-11-9-20(10-12-21)26(15-16-26)25(30)27(17-5-8-19-6-3-2-4-7-19)18-22-13-14-23(32-22)24(28)29/h3,6-7,9-14H,2,4-5,8,15-18H2,1H3,(H,28,29). The van der Waals surface area contributed by atoms with E-state index in [-0.39, 0.29) is 18.2 Å². The SMILES string of the molecule is COc1ccc(C2(C(=O)N(CCCC3=CCCC=C3)Cc3ccc(C(=O)O)o3)CC2)cc1. The fraction of sp³-hybridized carbons (Fsp3) is 0.385. The van der Waals surface area contributed by atoms with Crippen molar-refractivity contribution in [1.29, 1.82) is 0 Å². The van der Waals surface area contributed by atoms with Gasteiger partial charge in [-0.3, -0.25) is 4.79 Å². The van der Waals surface area contributed by atoms with Gasteiger partial charge in [-0.1, -0.05) is 35.9 Å². The normalized spacial score (nSPS) is 16.3. The van der Waals surface area contributed by atoms with E-state index in [2.05, 4.69) is 18.2 Å². The molecule has 6 nitrogen and oxygen atoms in total. The molecule has 6 heteroatoms. The second kappa shape index (κ2) is 9.47. The van der Waals surface area contributed by atoms with Gasteiger partial charge in [-0.05, 0) is 68.4 Å². The summed E-state index contributed by atoms with van der Waals surface area (Å²) in [6, 6.07) is 10.8. The van der Waals surface area contributed by atoms with Crippen molar-refractivity contribution in [3.05, 3.63) is 77.3 Å². The highest BCUT2D eigenvalue weighted by Crippen LogP contribution is 2.50. The number of carboxylic acid groups (broad SMARTS) is 1. The van der Waals surface area contributed by atoms with Gasteiger partial charge in [0.05, 0.1) is 19.1 Å². The maximum absolute atomic E-state index is 13.7. The molecule has 0 radical (unpaired) electrons. The third-order valence-corrected chi connectivity index (χ3v) is 6.27. The van der Waals surface area contributed by atoms with Crippen molar-refractivity contribution in [3.63, 3.8) is 0 Å². The molecule has 0 spiro atoms. The number of allylic oxidation sites excluding steroid dienone is 4. The number of nitrogens with zero attached hydrogens (tertiary/aromatic N) is 1. The predicted octanol–water partition coefficient (Wildman–Crippen LogP) is 5.10. The van der Waals surface area contributed by atoms with Crippen molar-refractivity contribution >= 4 is 11.9 Å². The molecule has 2 aliphatic rings. The lowest BCUT2D eigenvalue weighted by Crippen LogP contribution is -2.39. The zero-order valence-corrected chi connectivity index (χ0v) is 18.4. The average molecular weight is 436 g/mol. The Bertz CT molecular complexity index is 1030. The maximum Gasteiger partial charge on any atom is 0.371 e. The van der Waals surface area contributed by atoms with Gasteiger partial charge in [0.15, 0.2) is 0 Å². The number of carbonyl (C=O) groups excluding carboxylic acids is 1. The van der Waals surface area contributed by atoms with Gasteiger partial charge in [0.25, 0.3) is 0 Å². The third-order valence-electron chi connectivity index (χ3n) is 6.27. The van der Waals surface area contributed by atoms with Crippen LogP contribution in [0.4, 0.5) is 0 Å². The van der Waals surface area contributed by atoms with Gasteiger partial charge in [-0.25, -0.2) is 4.79 Å². The van der Waals surface area contributed by atoms with Crippen LogP contribution in [0.2, 0.25) is 0 Å². The molecule has 1 N–H and O–H groups in total. The van der Waals surface area contributed by atoms with Crippen molar-refractivity contribution in [2.45, 2.75) is 50.5 Å². The largest absolute Gasteiger partial charge is 0.497 e. The molecule has 4 rings (SSSR count). The van der Waals surface area contributed by atoms with Crippen LogP contribution in [-0.2, 0) is 16.8 Å². The molecule has 1 amide bonds. The summed E-state index contributed by atoms with van der Waals surface area (Å²) < 4.78 is 10.7. The molecule has 1 fully saturated rings. The van der Waals surface area contributed by atoms with E-state index < -0.39 is 11.4 Å². The number of carboxylic acids is 1. The van der Waals surface area contributed by atoms with Crippen LogP contribution in [0.15, 0.2) is 64.6 Å². The highest BCUT2D eigenvalue weighted by Gasteiger charge is 2.53. The Labute approximate surface area is 188 Å². The Hall–Kier alpha value is -3.28. The first kappa shape index (κ1) is 21.9. The summed E-state index contributed by atoms with van der Waals surface area (Å²) in [5, 5.41) is 9.16. The van der Waals surface area contributed by atoms with Crippen LogP contribution in [-0.4, -0.2) is 35.5 Å². The summed E-state index contributed by atoms with van der Waals surface area (Å²) in [6.07, 6.45) is 12.1. The number of ether oxygens (including phenoxy) is 1. The molecule has 32 heavy (non-hydrogen) atoms. The number of hydrogen-bond donors (Lipinski definition) is 1. The molecular weight excluding hydrogens is 406 g/mol. The molecule has 0 bridgehead atoms. The number of rotatable bonds is 10. The van der Waals surface area contributed by atoms with E-state index in [1.54, 1.807) is 13.2 Å². The van der Waals surface area contributed by atoms with Crippen molar-refractivity contribution in [1.82, 2.24) is 4.90 Å². The number of benzene rings is 1. The lowest BCUT2D eigenvalue weighted by molar-refractivity contribution is -0.135. The van der Waals surface area contributed by atoms with Crippen molar-refractivity contribution in [2.75, 3.05) is 13.7 Å². The molecule has 1 aromatic carbocycles. The van der Waals surface area contributed by atoms with E-state index in [0.29, 0.717) is 12.3 Å². The summed E-state index contributed by atoms with van der Waals surface area (Å²) in [5.41, 5.74) is 1.79. The highest BCUT2D eigenvalue weighted by molar-refractivity contribution is 5.91. The zero-order chi connectivity index (χ0) is 22.6. The van der Waals surface area contributed by atoms with Gasteiger partial charge in [0, 0.05) is 6.54 Å². The predicted molar refractivity (Wildman–Crippen MR) is 121 cm³/mol. The number of furan rings is 1. The quantitative estimate of drug-likeness (QED) is 0.561. The molecule has 0 atom stereocenters. The van der Waals surface area contributed by atoms with Crippen molar-refractivity contribution in [3.8, 4) is 5.75 Å². The number of carbonyl (C=O) groups is 2. The molecule has 0 saturated heterocycles. The fourth-order valence-electron chi connectivity index (χ4n) is 4.31. The summed E-state index contributed by atoms with van der Waals surface area (Å²) in [5.74, 6) is 0.102. The van der Waals surface area contributed by atoms with Gasteiger partial charge in [0.2, 0.25) is 11.7 Å². The first-order valence-corrected chi connectivity index (χ1v) is 11.1. The summed E-state index contributed by atoms with van der Waals surface area (Å²) in [4.78, 5) is 26.7. The van der Waals surface area contributed by atoms with Gasteiger partial charge >= 0.3 is 5.97 Å². The van der Waals surface area contributed by atoms with E-state index in [1.165, 1.54) is 11.6 Å². The number of aromatic carboxylic acids is 1. The van der Waals surface area contributed by atoms with Gasteiger partial charge in [-0.15, -0.1) is 0 Å². The third kappa shape index (κ3) is 4.79. The lowest BCUT2D eigenvalue weighted by atomic mass is 9.93. The Kier molecular flexibility index (Phi) is 6.49. The Balaban J connectivity index is 1.51. The van der Waals surface area contributed by atoms with Crippen LogP contribution < -0.4 is 4.74 Å². The molecule has 2 aromatic rings. The zero-order valence-electron chi connectivity index (χ0n) is 18.4. The molecule has 168 valence electrons. The number of hydrogen-bond acceptors (Lipinski definition) is 4.